The maximum atomic E-state index is 15.5. The molecule has 15 N–H and O–H groups in total. The Labute approximate surface area is 605 Å². The van der Waals surface area contributed by atoms with Crippen molar-refractivity contribution in [1.82, 2.24) is 58.2 Å². The van der Waals surface area contributed by atoms with Crippen molar-refractivity contribution >= 4 is 87.0 Å². The molecule has 548 valence electrons. The number of hydrogen-bond donors (Lipinski definition) is 14. The summed E-state index contributed by atoms with van der Waals surface area (Å²) >= 11 is 0. The number of nitrogens with one attached hydrogen (secondary N) is 11. The molecule has 0 radical (unpaired) electrons. The Morgan fingerprint density at radius 2 is 1.22 bits per heavy atom. The van der Waals surface area contributed by atoms with Crippen LogP contribution in [0, 0.1) is 5.92 Å². The number of aliphatic hydroxyl groups is 1. The number of phenols is 1. The summed E-state index contributed by atoms with van der Waals surface area (Å²) < 4.78 is 11.3. The highest BCUT2D eigenvalue weighted by Crippen LogP contribution is 2.44. The van der Waals surface area contributed by atoms with Gasteiger partial charge >= 0.3 is 12.2 Å². The summed E-state index contributed by atoms with van der Waals surface area (Å²) in [5, 5.41) is 49.6. The standard InChI is InChI=1S/C78H86N12O15/c1-44(2)67-76(101)87-65(75(100)90-68(45(3)91)69(79)94)41-82-66(93)39-64(86-72(97)62(37-48-28-31-49-19-7-8-20-50(49)35-48)88-78(103)105-43-58-56-24-11-9-22-54(56)55-23-10-12-25-57(55)58)74(99)84-61(36-46-29-32-52(92)33-30-46)71(96)85-63(38-51-40-81-59-26-14-13-21-53(51)59)73(98)83-60(70(95)89-67)27-15-16-34-80-77(102)104-42-47-17-5-4-6-18-47/h4-14,17-26,28-33,35,40,44-45,58,60-65,67-68,81,91-92H,15-16,27,34,36-39,41-43H2,1-3H3,(H2,79,94)(H,80,102)(H,82,93)(H,83,98)(H,84,99)(H,85,96)(H,86,97)(H,87,101)(H,88,103)(H,89,95)(H,90,100)/t45-,60+,61+,62-,63-,64+,65+,67+,68+/m1/s1. The Hall–Kier alpha value is -12.1. The van der Waals surface area contributed by atoms with Gasteiger partial charge in [-0.3, -0.25) is 43.2 Å². The van der Waals surface area contributed by atoms with Crippen molar-refractivity contribution in [3.05, 3.63) is 209 Å². The molecule has 1 fully saturated rings. The predicted molar refractivity (Wildman–Crippen MR) is 389 cm³/mol. The van der Waals surface area contributed by atoms with Crippen molar-refractivity contribution in [1.29, 1.82) is 0 Å². The Morgan fingerprint density at radius 3 is 1.91 bits per heavy atom. The van der Waals surface area contributed by atoms with Crippen LogP contribution in [0.2, 0.25) is 0 Å². The largest absolute Gasteiger partial charge is 0.508 e. The van der Waals surface area contributed by atoms with Crippen LogP contribution in [0.15, 0.2) is 176 Å². The summed E-state index contributed by atoms with van der Waals surface area (Å²) in [6.07, 6.45) is -3.11. The number of aromatic hydroxyl groups is 1. The highest BCUT2D eigenvalue weighted by Gasteiger charge is 2.39. The highest BCUT2D eigenvalue weighted by molar-refractivity contribution is 6.00. The van der Waals surface area contributed by atoms with Crippen molar-refractivity contribution in [3.8, 4) is 16.9 Å². The number of aromatic amines is 1. The van der Waals surface area contributed by atoms with Gasteiger partial charge in [-0.05, 0) is 106 Å². The average molecular weight is 1430 g/mol. The number of H-pyrrole nitrogens is 1. The van der Waals surface area contributed by atoms with Gasteiger partial charge in [-0.15, -0.1) is 0 Å². The number of benzene rings is 7. The van der Waals surface area contributed by atoms with E-state index in [1.54, 1.807) is 74.6 Å². The van der Waals surface area contributed by atoms with Gasteiger partial charge in [0.2, 0.25) is 53.2 Å². The molecule has 0 spiro atoms. The lowest BCUT2D eigenvalue weighted by molar-refractivity contribution is -0.137. The Morgan fingerprint density at radius 1 is 0.600 bits per heavy atom. The molecule has 1 aliphatic carbocycles. The summed E-state index contributed by atoms with van der Waals surface area (Å²) in [4.78, 5) is 163. The predicted octanol–water partition coefficient (Wildman–Crippen LogP) is 4.49. The number of ether oxygens (including phenoxy) is 2. The highest BCUT2D eigenvalue weighted by atomic mass is 16.6. The van der Waals surface area contributed by atoms with E-state index in [9.17, 15) is 43.8 Å². The Balaban J connectivity index is 0.995. The molecule has 10 rings (SSSR count). The van der Waals surface area contributed by atoms with Crippen molar-refractivity contribution in [2.75, 3.05) is 19.7 Å². The van der Waals surface area contributed by atoms with Gasteiger partial charge in [0, 0.05) is 55.4 Å². The number of nitrogens with two attached hydrogens (primary N) is 1. The summed E-state index contributed by atoms with van der Waals surface area (Å²) in [6, 6.07) is 36.8. The van der Waals surface area contributed by atoms with Crippen LogP contribution < -0.4 is 58.9 Å². The number of carbonyl (C=O) groups excluding carboxylic acids is 11. The third-order valence-corrected chi connectivity index (χ3v) is 18.5. The number of phenolic OH excluding ortho intramolecular Hbond substituents is 1. The van der Waals surface area contributed by atoms with Crippen LogP contribution in [-0.4, -0.2) is 155 Å². The van der Waals surface area contributed by atoms with Gasteiger partial charge in [0.1, 0.15) is 67.3 Å². The van der Waals surface area contributed by atoms with Gasteiger partial charge in [-0.2, -0.15) is 0 Å². The number of fused-ring (bicyclic) bond motifs is 5. The monoisotopic (exact) mass is 1430 g/mol. The lowest BCUT2D eigenvalue weighted by Crippen LogP contribution is -2.63. The zero-order valence-corrected chi connectivity index (χ0v) is 58.2. The maximum Gasteiger partial charge on any atom is 0.407 e. The van der Waals surface area contributed by atoms with E-state index in [1.165, 1.54) is 31.2 Å². The van der Waals surface area contributed by atoms with Gasteiger partial charge < -0.3 is 83.6 Å². The lowest BCUT2D eigenvalue weighted by atomic mass is 9.98. The number of alkyl carbamates (subject to hydrolysis) is 2. The molecule has 2 aliphatic rings. The summed E-state index contributed by atoms with van der Waals surface area (Å²) in [5.41, 5.74) is 12.3. The second-order valence-corrected chi connectivity index (χ2v) is 26.5. The lowest BCUT2D eigenvalue weighted by Gasteiger charge is -2.30. The number of aliphatic hydroxyl groups excluding tert-OH is 1. The third-order valence-electron chi connectivity index (χ3n) is 18.5. The van der Waals surface area contributed by atoms with Crippen LogP contribution in [-0.2, 0) is 78.5 Å². The number of amides is 11. The molecule has 0 saturated carbocycles. The van der Waals surface area contributed by atoms with Gasteiger partial charge in [0.05, 0.1) is 12.5 Å². The topological polar surface area (TPSA) is 409 Å². The molecule has 27 heteroatoms. The molecule has 2 heterocycles. The van der Waals surface area contributed by atoms with Crippen LogP contribution in [0.25, 0.3) is 32.8 Å². The average Bonchev–Trinajstić information content (AvgIpc) is 1.62. The fourth-order valence-corrected chi connectivity index (χ4v) is 12.8. The van der Waals surface area contributed by atoms with Crippen molar-refractivity contribution in [2.45, 2.75) is 133 Å². The van der Waals surface area contributed by atoms with Crippen LogP contribution in [0.3, 0.4) is 0 Å². The van der Waals surface area contributed by atoms with Crippen molar-refractivity contribution < 1.29 is 72.4 Å². The van der Waals surface area contributed by atoms with E-state index in [4.69, 9.17) is 15.2 Å². The second-order valence-electron chi connectivity index (χ2n) is 26.5. The molecule has 8 aromatic rings. The zero-order chi connectivity index (χ0) is 74.7. The molecule has 0 bridgehead atoms. The molecule has 1 aromatic heterocycles. The second kappa shape index (κ2) is 35.7. The van der Waals surface area contributed by atoms with Crippen LogP contribution >= 0.6 is 0 Å². The zero-order valence-electron chi connectivity index (χ0n) is 58.2. The van der Waals surface area contributed by atoms with Gasteiger partial charge in [-0.25, -0.2) is 9.59 Å². The van der Waals surface area contributed by atoms with E-state index in [0.29, 0.717) is 27.6 Å². The molecule has 27 nitrogen and oxygen atoms in total. The molecule has 7 aromatic carbocycles. The Bertz CT molecular complexity index is 4430. The summed E-state index contributed by atoms with van der Waals surface area (Å²) in [6.45, 7) is 3.44. The maximum absolute atomic E-state index is 15.5. The minimum absolute atomic E-state index is 0.00151. The van der Waals surface area contributed by atoms with Crippen LogP contribution in [0.1, 0.15) is 85.8 Å². The van der Waals surface area contributed by atoms with Crippen molar-refractivity contribution in [2.24, 2.45) is 11.7 Å². The van der Waals surface area contributed by atoms with E-state index in [1.807, 2.05) is 91.0 Å². The van der Waals surface area contributed by atoms with E-state index in [-0.39, 0.29) is 70.0 Å². The smallest absolute Gasteiger partial charge is 0.407 e. The van der Waals surface area contributed by atoms with Gasteiger partial charge in [-0.1, -0.05) is 166 Å². The first-order chi connectivity index (χ1) is 50.5. The minimum Gasteiger partial charge on any atom is -0.508 e. The first-order valence-corrected chi connectivity index (χ1v) is 34.8. The van der Waals surface area contributed by atoms with Crippen LogP contribution in [0.5, 0.6) is 5.75 Å². The SMILES string of the molecule is CC(C)[C@@H]1NC(=O)[C@H](CCCCNC(=O)OCc2ccccc2)NC(=O)[C@@H](Cc2c[nH]c3ccccc23)NC(=O)[C@H](Cc2ccc(O)cc2)NC(=O)[C@@H](NC(=O)[C@@H](Cc2ccc3ccccc3c2)NC(=O)OCC2c3ccccc3-c3ccccc32)CC(=O)NC[C@@H](C(=O)N[C@H](C(N)=O)[C@@H](C)O)NC1=O. The number of rotatable bonds is 23. The molecule has 105 heavy (non-hydrogen) atoms. The number of hydrogen-bond acceptors (Lipinski definition) is 15. The number of unbranched alkanes of at least 4 members (excludes halogenated alkanes) is 1. The molecule has 9 atom stereocenters. The van der Waals surface area contributed by atoms with E-state index in [0.717, 1.165) is 38.6 Å². The number of para-hydroxylation sites is 1. The molecule has 1 saturated heterocycles. The molecule has 0 unspecified atom stereocenters. The fourth-order valence-electron chi connectivity index (χ4n) is 12.8. The van der Waals surface area contributed by atoms with E-state index < -0.39 is 139 Å². The molecule has 11 amide bonds. The third kappa shape index (κ3) is 20.4. The quantitative estimate of drug-likeness (QED) is 0.0392. The summed E-state index contributed by atoms with van der Waals surface area (Å²) in [7, 11) is 0. The molecular weight excluding hydrogens is 1340 g/mol. The normalized spacial score (nSPS) is 19.1. The van der Waals surface area contributed by atoms with Gasteiger partial charge in [0.15, 0.2) is 0 Å². The number of carbonyl (C=O) groups is 11. The number of primary amides is 1. The molecule has 1 aliphatic heterocycles. The Kier molecular flexibility index (Phi) is 25.6. The van der Waals surface area contributed by atoms with E-state index in [2.05, 4.69) is 58.2 Å². The molecular formula is C78H86N12O15. The first kappa shape index (κ1) is 75.5. The number of aromatic nitrogens is 1. The van der Waals surface area contributed by atoms with Gasteiger partial charge in [0.25, 0.3) is 0 Å². The van der Waals surface area contributed by atoms with Crippen LogP contribution in [0.4, 0.5) is 9.59 Å². The van der Waals surface area contributed by atoms with Crippen molar-refractivity contribution in [3.63, 3.8) is 0 Å². The fraction of sp³-hybridized carbons (Fsp3) is 0.321. The minimum atomic E-state index is -1.96. The van der Waals surface area contributed by atoms with E-state index >= 15 is 19.2 Å². The first-order valence-electron chi connectivity index (χ1n) is 34.8. The summed E-state index contributed by atoms with van der Waals surface area (Å²) in [5.74, 6) is -10.6.